The van der Waals surface area contributed by atoms with Crippen LogP contribution in [0.5, 0.6) is 0 Å². The summed E-state index contributed by atoms with van der Waals surface area (Å²) in [5, 5.41) is 3.51. The zero-order valence-corrected chi connectivity index (χ0v) is 10.7. The Morgan fingerprint density at radius 3 is 2.67 bits per heavy atom. The van der Waals surface area contributed by atoms with Crippen LogP contribution in [0.2, 0.25) is 0 Å². The van der Waals surface area contributed by atoms with Crippen molar-refractivity contribution in [2.24, 2.45) is 0 Å². The number of anilines is 1. The zero-order chi connectivity index (χ0) is 10.8. The quantitative estimate of drug-likeness (QED) is 0.846. The Kier molecular flexibility index (Phi) is 3.26. The van der Waals surface area contributed by atoms with Crippen LogP contribution < -0.4 is 10.2 Å². The van der Waals surface area contributed by atoms with Crippen LogP contribution in [-0.2, 0) is 0 Å². The van der Waals surface area contributed by atoms with Crippen molar-refractivity contribution in [1.29, 1.82) is 0 Å². The van der Waals surface area contributed by atoms with Gasteiger partial charge in [0, 0.05) is 31.4 Å². The Balaban J connectivity index is 2.20. The summed E-state index contributed by atoms with van der Waals surface area (Å²) in [6.07, 6.45) is 1.84. The van der Waals surface area contributed by atoms with E-state index in [4.69, 9.17) is 0 Å². The highest BCUT2D eigenvalue weighted by Gasteiger charge is 2.22. The van der Waals surface area contributed by atoms with Crippen LogP contribution in [0.25, 0.3) is 0 Å². The summed E-state index contributed by atoms with van der Waals surface area (Å²) >= 11 is 3.55. The number of pyridine rings is 1. The Labute approximate surface area is 99.0 Å². The van der Waals surface area contributed by atoms with Gasteiger partial charge in [0.25, 0.3) is 0 Å². The fourth-order valence-corrected chi connectivity index (χ4v) is 2.62. The lowest BCUT2D eigenvalue weighted by atomic mass is 10.1. The minimum absolute atomic E-state index is 0.516. The molecule has 1 saturated heterocycles. The standard InChI is InChI=1S/C11H16BrN3/c1-8-6-15(7-9(2)14-8)11-10(12)4-3-5-13-11/h3-5,8-9,14H,6-7H2,1-2H3. The van der Waals surface area contributed by atoms with Gasteiger partial charge in [0.05, 0.1) is 4.47 Å². The van der Waals surface area contributed by atoms with Gasteiger partial charge in [0.1, 0.15) is 5.82 Å². The number of halogens is 1. The van der Waals surface area contributed by atoms with Gasteiger partial charge in [-0.3, -0.25) is 0 Å². The summed E-state index contributed by atoms with van der Waals surface area (Å²) in [7, 11) is 0. The van der Waals surface area contributed by atoms with Crippen molar-refractivity contribution >= 4 is 21.7 Å². The first-order valence-corrected chi connectivity index (χ1v) is 6.07. The molecule has 1 aliphatic heterocycles. The van der Waals surface area contributed by atoms with Crippen LogP contribution >= 0.6 is 15.9 Å². The fourth-order valence-electron chi connectivity index (χ4n) is 2.11. The van der Waals surface area contributed by atoms with Crippen molar-refractivity contribution in [3.8, 4) is 0 Å². The molecule has 0 saturated carbocycles. The lowest BCUT2D eigenvalue weighted by Gasteiger charge is -2.37. The average molecular weight is 270 g/mol. The molecule has 1 aromatic rings. The van der Waals surface area contributed by atoms with Crippen LogP contribution in [0.4, 0.5) is 5.82 Å². The molecule has 2 rings (SSSR count). The molecule has 0 radical (unpaired) electrons. The van der Waals surface area contributed by atoms with E-state index in [2.05, 4.69) is 45.0 Å². The van der Waals surface area contributed by atoms with Crippen molar-refractivity contribution in [3.63, 3.8) is 0 Å². The molecule has 0 bridgehead atoms. The van der Waals surface area contributed by atoms with Gasteiger partial charge in [-0.2, -0.15) is 0 Å². The number of nitrogens with one attached hydrogen (secondary N) is 1. The largest absolute Gasteiger partial charge is 0.353 e. The van der Waals surface area contributed by atoms with Crippen molar-refractivity contribution in [2.45, 2.75) is 25.9 Å². The number of nitrogens with zero attached hydrogens (tertiary/aromatic N) is 2. The van der Waals surface area contributed by atoms with Crippen molar-refractivity contribution in [3.05, 3.63) is 22.8 Å². The van der Waals surface area contributed by atoms with Crippen molar-refractivity contribution in [1.82, 2.24) is 10.3 Å². The van der Waals surface area contributed by atoms with E-state index < -0.39 is 0 Å². The van der Waals surface area contributed by atoms with E-state index in [1.165, 1.54) is 0 Å². The van der Waals surface area contributed by atoms with Gasteiger partial charge in [0.15, 0.2) is 0 Å². The van der Waals surface area contributed by atoms with E-state index in [0.29, 0.717) is 12.1 Å². The van der Waals surface area contributed by atoms with E-state index in [1.807, 2.05) is 18.3 Å². The van der Waals surface area contributed by atoms with E-state index in [1.54, 1.807) is 0 Å². The molecule has 15 heavy (non-hydrogen) atoms. The van der Waals surface area contributed by atoms with Crippen LogP contribution in [0.15, 0.2) is 22.8 Å². The molecule has 2 heterocycles. The third-order valence-electron chi connectivity index (χ3n) is 2.60. The first-order valence-electron chi connectivity index (χ1n) is 5.28. The van der Waals surface area contributed by atoms with Crippen molar-refractivity contribution < 1.29 is 0 Å². The molecule has 1 fully saturated rings. The summed E-state index contributed by atoms with van der Waals surface area (Å²) in [6, 6.07) is 5.02. The zero-order valence-electron chi connectivity index (χ0n) is 9.07. The lowest BCUT2D eigenvalue weighted by molar-refractivity contribution is 0.405. The smallest absolute Gasteiger partial charge is 0.142 e. The number of hydrogen-bond donors (Lipinski definition) is 1. The molecule has 82 valence electrons. The Bertz CT molecular complexity index is 332. The number of hydrogen-bond acceptors (Lipinski definition) is 3. The van der Waals surface area contributed by atoms with E-state index in [0.717, 1.165) is 23.4 Å². The van der Waals surface area contributed by atoms with E-state index >= 15 is 0 Å². The molecule has 1 aromatic heterocycles. The highest BCUT2D eigenvalue weighted by atomic mass is 79.9. The highest BCUT2D eigenvalue weighted by molar-refractivity contribution is 9.10. The van der Waals surface area contributed by atoms with E-state index in [9.17, 15) is 0 Å². The minimum atomic E-state index is 0.516. The van der Waals surface area contributed by atoms with Crippen LogP contribution in [0.3, 0.4) is 0 Å². The van der Waals surface area contributed by atoms with Gasteiger partial charge >= 0.3 is 0 Å². The maximum atomic E-state index is 4.42. The number of rotatable bonds is 1. The molecule has 1 aliphatic rings. The highest BCUT2D eigenvalue weighted by Crippen LogP contribution is 2.24. The fraction of sp³-hybridized carbons (Fsp3) is 0.545. The first-order chi connectivity index (χ1) is 7.16. The van der Waals surface area contributed by atoms with Crippen LogP contribution in [-0.4, -0.2) is 30.2 Å². The number of aromatic nitrogens is 1. The Hall–Kier alpha value is -0.610. The monoisotopic (exact) mass is 269 g/mol. The third-order valence-corrected chi connectivity index (χ3v) is 3.22. The Morgan fingerprint density at radius 1 is 1.40 bits per heavy atom. The predicted molar refractivity (Wildman–Crippen MR) is 66.2 cm³/mol. The van der Waals surface area contributed by atoms with Gasteiger partial charge in [-0.05, 0) is 41.9 Å². The van der Waals surface area contributed by atoms with Gasteiger partial charge < -0.3 is 10.2 Å². The van der Waals surface area contributed by atoms with Gasteiger partial charge in [-0.25, -0.2) is 4.98 Å². The van der Waals surface area contributed by atoms with Crippen molar-refractivity contribution in [2.75, 3.05) is 18.0 Å². The third kappa shape index (κ3) is 2.49. The normalized spacial score (nSPS) is 26.7. The Morgan fingerprint density at radius 2 is 2.07 bits per heavy atom. The maximum absolute atomic E-state index is 4.42. The van der Waals surface area contributed by atoms with Crippen LogP contribution in [0, 0.1) is 0 Å². The number of piperazine rings is 1. The summed E-state index contributed by atoms with van der Waals surface area (Å²) in [5.74, 6) is 1.05. The van der Waals surface area contributed by atoms with Crippen LogP contribution in [0.1, 0.15) is 13.8 Å². The summed E-state index contributed by atoms with van der Waals surface area (Å²) < 4.78 is 1.08. The minimum Gasteiger partial charge on any atom is -0.353 e. The lowest BCUT2D eigenvalue weighted by Crippen LogP contribution is -2.54. The van der Waals surface area contributed by atoms with Gasteiger partial charge in [0.2, 0.25) is 0 Å². The second-order valence-electron chi connectivity index (χ2n) is 4.18. The molecule has 2 atom stereocenters. The molecule has 1 N–H and O–H groups in total. The molecular formula is C11H16BrN3. The molecule has 0 aliphatic carbocycles. The molecule has 0 aromatic carbocycles. The second-order valence-corrected chi connectivity index (χ2v) is 5.04. The molecule has 0 amide bonds. The topological polar surface area (TPSA) is 28.2 Å². The molecule has 0 spiro atoms. The summed E-state index contributed by atoms with van der Waals surface area (Å²) in [4.78, 5) is 6.75. The maximum Gasteiger partial charge on any atom is 0.142 e. The predicted octanol–water partition coefficient (Wildman–Crippen LogP) is 2.03. The summed E-state index contributed by atoms with van der Waals surface area (Å²) in [6.45, 7) is 6.44. The SMILES string of the molecule is CC1CN(c2ncccc2Br)CC(C)N1. The second kappa shape index (κ2) is 4.49. The van der Waals surface area contributed by atoms with E-state index in [-0.39, 0.29) is 0 Å². The molecule has 3 nitrogen and oxygen atoms in total. The van der Waals surface area contributed by atoms with Gasteiger partial charge in [-0.1, -0.05) is 0 Å². The molecule has 2 unspecified atom stereocenters. The van der Waals surface area contributed by atoms with Gasteiger partial charge in [-0.15, -0.1) is 0 Å². The first kappa shape index (κ1) is 10.9. The average Bonchev–Trinajstić information content (AvgIpc) is 2.16. The molecule has 4 heteroatoms. The molecular weight excluding hydrogens is 254 g/mol. The summed E-state index contributed by atoms with van der Waals surface area (Å²) in [5.41, 5.74) is 0.